The number of nitrogens with zero attached hydrogens (tertiary/aromatic N) is 4. The van der Waals surface area contributed by atoms with Crippen molar-refractivity contribution in [3.8, 4) is 0 Å². The van der Waals surface area contributed by atoms with Crippen LogP contribution in [-0.4, -0.2) is 58.8 Å². The highest BCUT2D eigenvalue weighted by molar-refractivity contribution is 14.0. The van der Waals surface area contributed by atoms with Crippen LogP contribution in [0, 0.1) is 25.7 Å². The smallest absolute Gasteiger partial charge is 0.225 e. The monoisotopic (exact) mass is 530 g/mol. The van der Waals surface area contributed by atoms with E-state index in [1.807, 2.05) is 6.92 Å². The van der Waals surface area contributed by atoms with E-state index in [4.69, 9.17) is 4.99 Å². The van der Waals surface area contributed by atoms with E-state index in [1.165, 1.54) is 18.5 Å². The second kappa shape index (κ2) is 11.9. The Balaban J connectivity index is 0.00000320. The highest BCUT2D eigenvalue weighted by atomic mass is 127. The second-order valence-electron chi connectivity index (χ2n) is 8.83. The minimum atomic E-state index is 0. The van der Waals surface area contributed by atoms with Crippen LogP contribution in [0.3, 0.4) is 0 Å². The number of hydrogen-bond acceptors (Lipinski definition) is 3. The van der Waals surface area contributed by atoms with Crippen molar-refractivity contribution in [3.63, 3.8) is 0 Å². The Morgan fingerprint density at radius 3 is 2.67 bits per heavy atom. The van der Waals surface area contributed by atoms with Crippen LogP contribution in [0.15, 0.2) is 11.1 Å². The Bertz CT molecular complexity index is 712. The standard InChI is InChI=1S/C22H38N6O.HI/c1-5-23-22(24-13-16(2)14-28-18(4)12-17(3)26-28)25-20-10-11-27(15-20)21(29)19-8-6-7-9-19;/h12,16,19-20H,5-11,13-15H2,1-4H3,(H2,23,24,25);1H. The van der Waals surface area contributed by atoms with Gasteiger partial charge in [-0.25, -0.2) is 0 Å². The third kappa shape index (κ3) is 6.85. The third-order valence-corrected chi connectivity index (χ3v) is 6.04. The number of nitrogens with one attached hydrogen (secondary N) is 2. The number of guanidine groups is 1. The minimum absolute atomic E-state index is 0. The van der Waals surface area contributed by atoms with Crippen LogP contribution in [0.1, 0.15) is 57.3 Å². The molecule has 2 N–H and O–H groups in total. The molecule has 170 valence electrons. The molecule has 1 amide bonds. The summed E-state index contributed by atoms with van der Waals surface area (Å²) in [6.45, 7) is 12.5. The van der Waals surface area contributed by atoms with Gasteiger partial charge in [0.2, 0.25) is 5.91 Å². The van der Waals surface area contributed by atoms with Gasteiger partial charge in [-0.15, -0.1) is 24.0 Å². The summed E-state index contributed by atoms with van der Waals surface area (Å²) in [5.41, 5.74) is 2.26. The SMILES string of the molecule is CCNC(=NCC(C)Cn1nc(C)cc1C)NC1CCN(C(=O)C2CCCC2)C1.I. The zero-order valence-electron chi connectivity index (χ0n) is 19.0. The molecule has 2 atom stereocenters. The van der Waals surface area contributed by atoms with E-state index in [-0.39, 0.29) is 35.9 Å². The van der Waals surface area contributed by atoms with Gasteiger partial charge in [0, 0.05) is 50.4 Å². The molecule has 0 bridgehead atoms. The molecular weight excluding hydrogens is 491 g/mol. The van der Waals surface area contributed by atoms with Gasteiger partial charge >= 0.3 is 0 Å². The molecule has 3 rings (SSSR count). The fraction of sp³-hybridized carbons (Fsp3) is 0.773. The topological polar surface area (TPSA) is 74.6 Å². The van der Waals surface area contributed by atoms with E-state index >= 15 is 0 Å². The predicted molar refractivity (Wildman–Crippen MR) is 132 cm³/mol. The van der Waals surface area contributed by atoms with Crippen molar-refractivity contribution in [2.75, 3.05) is 26.2 Å². The van der Waals surface area contributed by atoms with Crippen molar-refractivity contribution in [2.45, 2.75) is 72.4 Å². The lowest BCUT2D eigenvalue weighted by Gasteiger charge is -2.21. The fourth-order valence-corrected chi connectivity index (χ4v) is 4.48. The van der Waals surface area contributed by atoms with Gasteiger partial charge in [0.25, 0.3) is 0 Å². The molecule has 30 heavy (non-hydrogen) atoms. The van der Waals surface area contributed by atoms with Crippen LogP contribution < -0.4 is 10.6 Å². The summed E-state index contributed by atoms with van der Waals surface area (Å²) in [4.78, 5) is 19.5. The lowest BCUT2D eigenvalue weighted by molar-refractivity contribution is -0.134. The molecule has 0 radical (unpaired) electrons. The van der Waals surface area contributed by atoms with Crippen molar-refractivity contribution in [1.82, 2.24) is 25.3 Å². The Morgan fingerprint density at radius 2 is 2.03 bits per heavy atom. The molecule has 1 saturated heterocycles. The number of rotatable bonds is 7. The molecule has 0 spiro atoms. The molecule has 1 saturated carbocycles. The van der Waals surface area contributed by atoms with Gasteiger partial charge in [0.05, 0.1) is 5.69 Å². The summed E-state index contributed by atoms with van der Waals surface area (Å²) < 4.78 is 2.07. The molecule has 1 aromatic heterocycles. The van der Waals surface area contributed by atoms with Crippen LogP contribution in [-0.2, 0) is 11.3 Å². The van der Waals surface area contributed by atoms with Gasteiger partial charge in [-0.2, -0.15) is 5.10 Å². The van der Waals surface area contributed by atoms with Crippen LogP contribution in [0.25, 0.3) is 0 Å². The molecule has 2 unspecified atom stereocenters. The summed E-state index contributed by atoms with van der Waals surface area (Å²) in [6, 6.07) is 2.39. The number of aromatic nitrogens is 2. The lowest BCUT2D eigenvalue weighted by atomic mass is 10.1. The number of aliphatic imine (C=N–C) groups is 1. The van der Waals surface area contributed by atoms with Crippen molar-refractivity contribution in [3.05, 3.63) is 17.5 Å². The summed E-state index contributed by atoms with van der Waals surface area (Å²) in [7, 11) is 0. The summed E-state index contributed by atoms with van der Waals surface area (Å²) in [5, 5.41) is 11.5. The number of likely N-dealkylation sites (tertiary alicyclic amines) is 1. The highest BCUT2D eigenvalue weighted by Crippen LogP contribution is 2.27. The molecule has 1 aliphatic carbocycles. The fourth-order valence-electron chi connectivity index (χ4n) is 4.48. The summed E-state index contributed by atoms with van der Waals surface area (Å²) in [5.74, 6) is 1.89. The lowest BCUT2D eigenvalue weighted by Crippen LogP contribution is -2.45. The Labute approximate surface area is 198 Å². The van der Waals surface area contributed by atoms with Gasteiger partial charge in [-0.05, 0) is 52.0 Å². The summed E-state index contributed by atoms with van der Waals surface area (Å²) in [6.07, 6.45) is 5.55. The molecule has 8 heteroatoms. The highest BCUT2D eigenvalue weighted by Gasteiger charge is 2.32. The first kappa shape index (κ1) is 24.9. The number of carbonyl (C=O) groups is 1. The van der Waals surface area contributed by atoms with E-state index in [0.717, 1.165) is 63.6 Å². The van der Waals surface area contributed by atoms with Crippen molar-refractivity contribution >= 4 is 35.8 Å². The van der Waals surface area contributed by atoms with Crippen molar-refractivity contribution in [1.29, 1.82) is 0 Å². The molecule has 0 aromatic carbocycles. The van der Waals surface area contributed by atoms with E-state index in [2.05, 4.69) is 52.2 Å². The average molecular weight is 530 g/mol. The molecule has 1 aliphatic heterocycles. The largest absolute Gasteiger partial charge is 0.357 e. The molecule has 2 heterocycles. The molecular formula is C22H39IN6O. The minimum Gasteiger partial charge on any atom is -0.357 e. The van der Waals surface area contributed by atoms with E-state index in [0.29, 0.717) is 11.8 Å². The average Bonchev–Trinajstić information content (AvgIpc) is 3.42. The van der Waals surface area contributed by atoms with Crippen molar-refractivity contribution in [2.24, 2.45) is 16.8 Å². The maximum Gasteiger partial charge on any atom is 0.225 e. The van der Waals surface area contributed by atoms with Gasteiger partial charge in [-0.3, -0.25) is 14.5 Å². The van der Waals surface area contributed by atoms with Crippen LogP contribution in [0.2, 0.25) is 0 Å². The van der Waals surface area contributed by atoms with E-state index in [1.54, 1.807) is 0 Å². The maximum absolute atomic E-state index is 12.7. The molecule has 2 aliphatic rings. The van der Waals surface area contributed by atoms with Crippen LogP contribution in [0.4, 0.5) is 0 Å². The van der Waals surface area contributed by atoms with E-state index < -0.39 is 0 Å². The van der Waals surface area contributed by atoms with Gasteiger partial charge in [0.15, 0.2) is 5.96 Å². The number of hydrogen-bond donors (Lipinski definition) is 2. The quantitative estimate of drug-likeness (QED) is 0.323. The summed E-state index contributed by atoms with van der Waals surface area (Å²) >= 11 is 0. The van der Waals surface area contributed by atoms with Gasteiger partial charge in [-0.1, -0.05) is 19.8 Å². The van der Waals surface area contributed by atoms with E-state index in [9.17, 15) is 4.79 Å². The third-order valence-electron chi connectivity index (χ3n) is 6.04. The van der Waals surface area contributed by atoms with Gasteiger partial charge in [0.1, 0.15) is 0 Å². The molecule has 2 fully saturated rings. The maximum atomic E-state index is 12.7. The predicted octanol–water partition coefficient (Wildman–Crippen LogP) is 3.10. The first-order valence-corrected chi connectivity index (χ1v) is 11.3. The number of aryl methyl sites for hydroxylation is 2. The molecule has 7 nitrogen and oxygen atoms in total. The first-order valence-electron chi connectivity index (χ1n) is 11.3. The normalized spacial score (nSPS) is 20.9. The number of carbonyl (C=O) groups excluding carboxylic acids is 1. The Morgan fingerprint density at radius 1 is 1.30 bits per heavy atom. The number of amides is 1. The zero-order valence-corrected chi connectivity index (χ0v) is 21.3. The first-order chi connectivity index (χ1) is 14.0. The zero-order chi connectivity index (χ0) is 20.8. The molecule has 1 aromatic rings. The van der Waals surface area contributed by atoms with Gasteiger partial charge < -0.3 is 15.5 Å². The van der Waals surface area contributed by atoms with Crippen LogP contribution >= 0.6 is 24.0 Å². The van der Waals surface area contributed by atoms with Crippen LogP contribution in [0.5, 0.6) is 0 Å². The number of halogens is 1. The Kier molecular flexibility index (Phi) is 9.90. The second-order valence-corrected chi connectivity index (χ2v) is 8.83. The van der Waals surface area contributed by atoms with Crippen molar-refractivity contribution < 1.29 is 4.79 Å². The Hall–Kier alpha value is -1.32.